The van der Waals surface area contributed by atoms with Crippen molar-refractivity contribution in [2.45, 2.75) is 52.7 Å². The molecule has 8 nitrogen and oxygen atoms in total. The first-order chi connectivity index (χ1) is 13.6. The van der Waals surface area contributed by atoms with Crippen molar-refractivity contribution in [2.75, 3.05) is 26.2 Å². The van der Waals surface area contributed by atoms with E-state index in [1.165, 1.54) is 12.0 Å². The van der Waals surface area contributed by atoms with Gasteiger partial charge in [0.05, 0.1) is 12.2 Å². The number of ketones is 1. The highest BCUT2D eigenvalue weighted by molar-refractivity contribution is 5.91. The molecule has 8 heteroatoms. The third kappa shape index (κ3) is 6.97. The summed E-state index contributed by atoms with van der Waals surface area (Å²) in [5.41, 5.74) is 0.249. The molecule has 0 saturated heterocycles. The monoisotopic (exact) mass is 408 g/mol. The van der Waals surface area contributed by atoms with Gasteiger partial charge in [-0.1, -0.05) is 12.2 Å². The molecular weight excluding hydrogens is 376 g/mol. The summed E-state index contributed by atoms with van der Waals surface area (Å²) in [6.07, 6.45) is 5.64. The molecular formula is C21H32N2O6. The first-order valence-electron chi connectivity index (χ1n) is 10.0. The number of fused-ring (bicyclic) bond motifs is 1. The molecule has 0 aromatic heterocycles. The first-order valence-corrected chi connectivity index (χ1v) is 10.0. The second kappa shape index (κ2) is 10.0. The Kier molecular flexibility index (Phi) is 7.98. The van der Waals surface area contributed by atoms with Crippen LogP contribution in [0.4, 0.5) is 0 Å². The lowest BCUT2D eigenvalue weighted by molar-refractivity contribution is -0.186. The number of likely N-dealkylation sites (N-methyl/N-ethyl adjacent to an activating group) is 1. The van der Waals surface area contributed by atoms with E-state index in [4.69, 9.17) is 14.3 Å². The Hall–Kier alpha value is -2.19. The van der Waals surface area contributed by atoms with Gasteiger partial charge in [-0.25, -0.2) is 0 Å². The van der Waals surface area contributed by atoms with Gasteiger partial charge in [-0.2, -0.15) is 0 Å². The van der Waals surface area contributed by atoms with Gasteiger partial charge in [-0.15, -0.1) is 5.06 Å². The molecule has 0 fully saturated rings. The lowest BCUT2D eigenvalue weighted by atomic mass is 9.80. The molecule has 0 radical (unpaired) electrons. The zero-order valence-electron chi connectivity index (χ0n) is 17.9. The Bertz CT molecular complexity index is 679. The zero-order valence-corrected chi connectivity index (χ0v) is 17.9. The molecule has 0 aromatic rings. The van der Waals surface area contributed by atoms with Gasteiger partial charge in [-0.3, -0.25) is 14.4 Å². The number of carbonyl (C=O) groups is 3. The fraction of sp³-hybridized carbons (Fsp3) is 0.667. The van der Waals surface area contributed by atoms with E-state index in [0.29, 0.717) is 32.7 Å². The fourth-order valence-electron chi connectivity index (χ4n) is 3.30. The van der Waals surface area contributed by atoms with Crippen molar-refractivity contribution in [1.29, 1.82) is 0 Å². The van der Waals surface area contributed by atoms with Crippen LogP contribution in [-0.2, 0) is 28.7 Å². The number of rotatable bonds is 9. The normalized spacial score (nSPS) is 22.0. The lowest BCUT2D eigenvalue weighted by Crippen LogP contribution is -2.46. The summed E-state index contributed by atoms with van der Waals surface area (Å²) in [4.78, 5) is 41.8. The number of esters is 1. The topological polar surface area (TPSA) is 94.2 Å². The van der Waals surface area contributed by atoms with Crippen LogP contribution < -0.4 is 5.32 Å². The quantitative estimate of drug-likeness (QED) is 0.456. The van der Waals surface area contributed by atoms with E-state index in [-0.39, 0.29) is 17.6 Å². The third-order valence-electron chi connectivity index (χ3n) is 4.66. The largest absolute Gasteiger partial charge is 0.500 e. The van der Waals surface area contributed by atoms with Crippen LogP contribution in [0.25, 0.3) is 0 Å². The van der Waals surface area contributed by atoms with E-state index >= 15 is 0 Å². The predicted octanol–water partition coefficient (Wildman–Crippen LogP) is 1.76. The maximum atomic E-state index is 12.8. The molecule has 0 bridgehead atoms. The highest BCUT2D eigenvalue weighted by atomic mass is 16.7. The molecule has 2 rings (SSSR count). The summed E-state index contributed by atoms with van der Waals surface area (Å²) in [7, 11) is 0. The number of nitrogens with one attached hydrogen (secondary N) is 1. The van der Waals surface area contributed by atoms with Gasteiger partial charge in [0, 0.05) is 38.0 Å². The van der Waals surface area contributed by atoms with Crippen LogP contribution >= 0.6 is 0 Å². The van der Waals surface area contributed by atoms with E-state index in [1.807, 2.05) is 19.1 Å². The molecule has 0 aromatic carbocycles. The Balaban J connectivity index is 2.02. The average molecular weight is 408 g/mol. The molecule has 1 aliphatic carbocycles. The SMILES string of the molecule is CCN(CCNC(CC1C=CC2=COCC2C1=O)C(=O)OC(C)(C)C)OC(C)=O. The summed E-state index contributed by atoms with van der Waals surface area (Å²) < 4.78 is 10.8. The minimum atomic E-state index is -0.656. The van der Waals surface area contributed by atoms with E-state index in [1.54, 1.807) is 27.0 Å². The van der Waals surface area contributed by atoms with Crippen molar-refractivity contribution < 1.29 is 28.7 Å². The second-order valence-corrected chi connectivity index (χ2v) is 8.25. The molecule has 162 valence electrons. The van der Waals surface area contributed by atoms with Crippen LogP contribution in [0.15, 0.2) is 24.0 Å². The molecule has 1 heterocycles. The molecule has 0 saturated carbocycles. The van der Waals surface area contributed by atoms with Gasteiger partial charge < -0.3 is 19.6 Å². The van der Waals surface area contributed by atoms with Gasteiger partial charge >= 0.3 is 11.9 Å². The van der Waals surface area contributed by atoms with Crippen LogP contribution in [0.1, 0.15) is 41.0 Å². The van der Waals surface area contributed by atoms with Crippen LogP contribution in [-0.4, -0.2) is 60.7 Å². The van der Waals surface area contributed by atoms with E-state index < -0.39 is 23.6 Å². The molecule has 0 amide bonds. The second-order valence-electron chi connectivity index (χ2n) is 8.25. The summed E-state index contributed by atoms with van der Waals surface area (Å²) in [6, 6.07) is -0.656. The van der Waals surface area contributed by atoms with Crippen molar-refractivity contribution in [3.8, 4) is 0 Å². The summed E-state index contributed by atoms with van der Waals surface area (Å²) in [5.74, 6) is -1.39. The van der Waals surface area contributed by atoms with Gasteiger partial charge in [0.25, 0.3) is 0 Å². The number of allylic oxidation sites excluding steroid dienone is 2. The van der Waals surface area contributed by atoms with E-state index in [2.05, 4.69) is 5.32 Å². The number of nitrogens with zero attached hydrogens (tertiary/aromatic N) is 1. The smallest absolute Gasteiger partial charge is 0.323 e. The standard InChI is InChI=1S/C21H32N2O6/c1-6-23(29-14(2)24)10-9-22-18(20(26)28-21(3,4)5)11-15-7-8-16-12-27-13-17(16)19(15)25/h7-8,12,15,17-18,22H,6,9-11,13H2,1-5H3. The maximum absolute atomic E-state index is 12.8. The maximum Gasteiger partial charge on any atom is 0.323 e. The molecule has 1 aliphatic heterocycles. The summed E-state index contributed by atoms with van der Waals surface area (Å²) >= 11 is 0. The van der Waals surface area contributed by atoms with Crippen molar-refractivity contribution >= 4 is 17.7 Å². The fourth-order valence-corrected chi connectivity index (χ4v) is 3.30. The predicted molar refractivity (Wildman–Crippen MR) is 106 cm³/mol. The highest BCUT2D eigenvalue weighted by Gasteiger charge is 2.37. The Morgan fingerprint density at radius 1 is 1.38 bits per heavy atom. The number of hydrogen-bond acceptors (Lipinski definition) is 8. The Labute approximate surface area is 172 Å². The van der Waals surface area contributed by atoms with Crippen molar-refractivity contribution in [3.05, 3.63) is 24.0 Å². The Morgan fingerprint density at radius 3 is 2.72 bits per heavy atom. The number of hydrogen-bond donors (Lipinski definition) is 1. The number of ether oxygens (including phenoxy) is 2. The summed E-state index contributed by atoms with van der Waals surface area (Å²) in [5, 5.41) is 4.68. The molecule has 3 unspecified atom stereocenters. The molecule has 1 N–H and O–H groups in total. The minimum absolute atomic E-state index is 0.0571. The molecule has 3 atom stereocenters. The average Bonchev–Trinajstić information content (AvgIpc) is 3.09. The molecule has 0 spiro atoms. The van der Waals surface area contributed by atoms with Crippen LogP contribution in [0, 0.1) is 11.8 Å². The highest BCUT2D eigenvalue weighted by Crippen LogP contribution is 2.31. The first kappa shape index (κ1) is 23.1. The van der Waals surface area contributed by atoms with Crippen LogP contribution in [0.5, 0.6) is 0 Å². The Morgan fingerprint density at radius 2 is 2.10 bits per heavy atom. The minimum Gasteiger partial charge on any atom is -0.500 e. The van der Waals surface area contributed by atoms with Crippen molar-refractivity contribution in [3.63, 3.8) is 0 Å². The lowest BCUT2D eigenvalue weighted by Gasteiger charge is -2.28. The van der Waals surface area contributed by atoms with Gasteiger partial charge in [0.2, 0.25) is 0 Å². The van der Waals surface area contributed by atoms with Gasteiger partial charge in [0.1, 0.15) is 18.2 Å². The van der Waals surface area contributed by atoms with E-state index in [0.717, 1.165) is 5.57 Å². The summed E-state index contributed by atoms with van der Waals surface area (Å²) in [6.45, 7) is 10.3. The number of hydroxylamine groups is 2. The van der Waals surface area contributed by atoms with E-state index in [9.17, 15) is 14.4 Å². The van der Waals surface area contributed by atoms with Gasteiger partial charge in [-0.05, 0) is 34.1 Å². The van der Waals surface area contributed by atoms with Crippen LogP contribution in [0.3, 0.4) is 0 Å². The van der Waals surface area contributed by atoms with Crippen molar-refractivity contribution in [2.24, 2.45) is 11.8 Å². The number of Topliss-reactive ketones (excluding diaryl/α,β-unsaturated/α-hetero) is 1. The van der Waals surface area contributed by atoms with Gasteiger partial charge in [0.15, 0.2) is 5.78 Å². The zero-order chi connectivity index (χ0) is 21.6. The third-order valence-corrected chi connectivity index (χ3v) is 4.66. The van der Waals surface area contributed by atoms with Crippen LogP contribution in [0.2, 0.25) is 0 Å². The number of carbonyl (C=O) groups excluding carboxylic acids is 3. The van der Waals surface area contributed by atoms with Crippen molar-refractivity contribution in [1.82, 2.24) is 10.4 Å². The molecule has 29 heavy (non-hydrogen) atoms. The molecule has 2 aliphatic rings.